The summed E-state index contributed by atoms with van der Waals surface area (Å²) in [6, 6.07) is 3.25. The molecule has 192 valence electrons. The normalized spacial score (nSPS) is 19.2. The van der Waals surface area contributed by atoms with Gasteiger partial charge in [0, 0.05) is 47.9 Å². The van der Waals surface area contributed by atoms with Gasteiger partial charge in [0.25, 0.3) is 5.91 Å². The molecule has 3 aromatic rings. The van der Waals surface area contributed by atoms with Gasteiger partial charge >= 0.3 is 6.36 Å². The Kier molecular flexibility index (Phi) is 6.27. The minimum atomic E-state index is -4.86. The topological polar surface area (TPSA) is 104 Å². The molecule has 36 heavy (non-hydrogen) atoms. The highest BCUT2D eigenvalue weighted by Gasteiger charge is 2.33. The van der Waals surface area contributed by atoms with Gasteiger partial charge in [-0.2, -0.15) is 0 Å². The Labute approximate surface area is 204 Å². The fourth-order valence-corrected chi connectivity index (χ4v) is 5.44. The highest BCUT2D eigenvalue weighted by Crippen LogP contribution is 2.39. The van der Waals surface area contributed by atoms with E-state index in [1.165, 1.54) is 12.3 Å². The zero-order chi connectivity index (χ0) is 25.6. The molecule has 7 nitrogen and oxygen atoms in total. The number of aryl methyl sites for hydroxylation is 1. The number of carbonyl (C=O) groups is 1. The van der Waals surface area contributed by atoms with Crippen molar-refractivity contribution in [3.05, 3.63) is 52.6 Å². The molecule has 1 aliphatic carbocycles. The Hall–Kier alpha value is -3.34. The molecule has 0 spiro atoms. The van der Waals surface area contributed by atoms with Gasteiger partial charge in [0.1, 0.15) is 17.2 Å². The first-order valence-corrected chi connectivity index (χ1v) is 11.9. The number of hydrogen-bond donors (Lipinski definition) is 3. The Morgan fingerprint density at radius 3 is 2.67 bits per heavy atom. The number of aromatic nitrogens is 2. The van der Waals surface area contributed by atoms with E-state index in [-0.39, 0.29) is 17.2 Å². The number of nitrogens with two attached hydrogens (primary N) is 1. The van der Waals surface area contributed by atoms with E-state index in [2.05, 4.69) is 14.7 Å². The number of fused-ring (bicyclic) bond motifs is 3. The number of nitrogens with zero attached hydrogens (tertiary/aromatic N) is 2. The van der Waals surface area contributed by atoms with Crippen molar-refractivity contribution in [3.8, 4) is 5.75 Å². The number of piperidine rings is 1. The van der Waals surface area contributed by atoms with Gasteiger partial charge in [-0.3, -0.25) is 4.79 Å². The summed E-state index contributed by atoms with van der Waals surface area (Å²) in [7, 11) is 0. The van der Waals surface area contributed by atoms with Crippen LogP contribution in [0.4, 0.5) is 23.2 Å². The Bertz CT molecular complexity index is 1300. The average molecular weight is 507 g/mol. The van der Waals surface area contributed by atoms with Gasteiger partial charge in [0.15, 0.2) is 0 Å². The number of ether oxygens (including phenoxy) is 1. The van der Waals surface area contributed by atoms with Gasteiger partial charge in [0.05, 0.1) is 17.9 Å². The lowest BCUT2D eigenvalue weighted by Crippen LogP contribution is -2.38. The van der Waals surface area contributed by atoms with Crippen LogP contribution in [-0.4, -0.2) is 51.4 Å². The summed E-state index contributed by atoms with van der Waals surface area (Å²) in [5, 5.41) is 11.1. The second-order valence-corrected chi connectivity index (χ2v) is 9.44. The minimum absolute atomic E-state index is 0.0883. The van der Waals surface area contributed by atoms with Crippen molar-refractivity contribution >= 4 is 22.6 Å². The minimum Gasteiger partial charge on any atom is -0.406 e. The third kappa shape index (κ3) is 4.71. The molecule has 1 aliphatic heterocycles. The summed E-state index contributed by atoms with van der Waals surface area (Å²) in [5.41, 5.74) is 8.91. The summed E-state index contributed by atoms with van der Waals surface area (Å²) in [6.45, 7) is 0.671. The molecule has 0 unspecified atom stereocenters. The van der Waals surface area contributed by atoms with Crippen LogP contribution in [-0.2, 0) is 12.8 Å². The standard InChI is InChI=1S/C25H26F4N4O3/c26-18-12-31-23-22(17-10-14(34)2-1-3-20(17)32-23)21(18)13-6-8-33(9-7-13)24(35)16-5-4-15(11-19(16)30)36-25(27,28)29/h4-5,11-14,34H,1-3,6-10,30H2,(H,31,32)/t14-/m1/s1. The summed E-state index contributed by atoms with van der Waals surface area (Å²) in [5.74, 6) is -1.45. The number of nitrogens with one attached hydrogen (secondary N) is 1. The second kappa shape index (κ2) is 9.27. The van der Waals surface area contributed by atoms with Crippen LogP contribution in [0.3, 0.4) is 0 Å². The number of nitrogen functional groups attached to an aromatic ring is 1. The maximum atomic E-state index is 15.2. The van der Waals surface area contributed by atoms with Gasteiger partial charge in [0.2, 0.25) is 0 Å². The van der Waals surface area contributed by atoms with Crippen molar-refractivity contribution in [2.24, 2.45) is 0 Å². The Balaban J connectivity index is 1.35. The van der Waals surface area contributed by atoms with E-state index < -0.39 is 29.9 Å². The van der Waals surface area contributed by atoms with Crippen LogP contribution >= 0.6 is 0 Å². The predicted molar refractivity (Wildman–Crippen MR) is 124 cm³/mol. The number of anilines is 1. The molecular formula is C25H26F4N4O3. The van der Waals surface area contributed by atoms with Gasteiger partial charge in [-0.15, -0.1) is 13.2 Å². The number of carbonyl (C=O) groups excluding carboxylic acids is 1. The molecule has 1 saturated heterocycles. The number of aliphatic hydroxyl groups excluding tert-OH is 1. The molecule has 4 N–H and O–H groups in total. The predicted octanol–water partition coefficient (Wildman–Crippen LogP) is 4.44. The lowest BCUT2D eigenvalue weighted by Gasteiger charge is -2.33. The lowest BCUT2D eigenvalue weighted by molar-refractivity contribution is -0.274. The summed E-state index contributed by atoms with van der Waals surface area (Å²) in [4.78, 5) is 22.2. The van der Waals surface area contributed by atoms with Crippen LogP contribution in [0.25, 0.3) is 11.0 Å². The number of likely N-dealkylation sites (tertiary alicyclic amines) is 1. The number of rotatable bonds is 3. The first kappa shape index (κ1) is 24.4. The van der Waals surface area contributed by atoms with Gasteiger partial charge in [-0.05, 0) is 55.7 Å². The number of H-pyrrole nitrogens is 1. The zero-order valence-corrected chi connectivity index (χ0v) is 19.4. The first-order valence-electron chi connectivity index (χ1n) is 11.9. The SMILES string of the molecule is Nc1cc(OC(F)(F)F)ccc1C(=O)N1CCC(c2c(F)cnc3[nH]c4c(c23)C[C@H](O)CCC4)CC1. The van der Waals surface area contributed by atoms with Crippen LogP contribution in [0.5, 0.6) is 5.75 Å². The maximum absolute atomic E-state index is 15.2. The largest absolute Gasteiger partial charge is 0.573 e. The Morgan fingerprint density at radius 1 is 1.22 bits per heavy atom. The molecule has 1 aromatic carbocycles. The molecule has 1 atom stereocenters. The van der Waals surface area contributed by atoms with E-state index in [1.54, 1.807) is 4.90 Å². The van der Waals surface area contributed by atoms with E-state index >= 15 is 4.39 Å². The van der Waals surface area contributed by atoms with Crippen molar-refractivity contribution in [1.29, 1.82) is 0 Å². The fourth-order valence-electron chi connectivity index (χ4n) is 5.44. The monoisotopic (exact) mass is 506 g/mol. The molecule has 0 saturated carbocycles. The number of hydrogen-bond acceptors (Lipinski definition) is 5. The molecular weight excluding hydrogens is 480 g/mol. The summed E-state index contributed by atoms with van der Waals surface area (Å²) in [6.07, 6.45) is -0.391. The molecule has 1 fully saturated rings. The smallest absolute Gasteiger partial charge is 0.406 e. The van der Waals surface area contributed by atoms with Crippen LogP contribution in [0.15, 0.2) is 24.4 Å². The number of alkyl halides is 3. The van der Waals surface area contributed by atoms with Crippen LogP contribution in [0, 0.1) is 5.82 Å². The molecule has 11 heteroatoms. The van der Waals surface area contributed by atoms with Crippen LogP contribution < -0.4 is 10.5 Å². The van der Waals surface area contributed by atoms with Crippen molar-refractivity contribution in [1.82, 2.24) is 14.9 Å². The van der Waals surface area contributed by atoms with Crippen LogP contribution in [0.1, 0.15) is 58.8 Å². The molecule has 2 aliphatic rings. The van der Waals surface area contributed by atoms with Crippen molar-refractivity contribution in [2.45, 2.75) is 56.9 Å². The van der Waals surface area contributed by atoms with E-state index in [0.29, 0.717) is 50.0 Å². The van der Waals surface area contributed by atoms with Crippen LogP contribution in [0.2, 0.25) is 0 Å². The van der Waals surface area contributed by atoms with E-state index in [1.807, 2.05) is 0 Å². The highest BCUT2D eigenvalue weighted by molar-refractivity contribution is 5.99. The van der Waals surface area contributed by atoms with Gasteiger partial charge in [-0.25, -0.2) is 9.37 Å². The highest BCUT2D eigenvalue weighted by atomic mass is 19.4. The Morgan fingerprint density at radius 2 is 1.97 bits per heavy atom. The quantitative estimate of drug-likeness (QED) is 0.277. The molecule has 0 radical (unpaired) electrons. The second-order valence-electron chi connectivity index (χ2n) is 9.44. The molecule has 5 rings (SSSR count). The third-order valence-electron chi connectivity index (χ3n) is 7.09. The fraction of sp³-hybridized carbons (Fsp3) is 0.440. The van der Waals surface area contributed by atoms with Gasteiger partial charge < -0.3 is 25.5 Å². The van der Waals surface area contributed by atoms with Crippen molar-refractivity contribution < 1.29 is 32.2 Å². The molecule has 3 heterocycles. The zero-order valence-electron chi connectivity index (χ0n) is 19.4. The number of amides is 1. The van der Waals surface area contributed by atoms with Crippen molar-refractivity contribution in [3.63, 3.8) is 0 Å². The van der Waals surface area contributed by atoms with E-state index in [4.69, 9.17) is 5.73 Å². The van der Waals surface area contributed by atoms with E-state index in [9.17, 15) is 23.1 Å². The third-order valence-corrected chi connectivity index (χ3v) is 7.09. The summed E-state index contributed by atoms with van der Waals surface area (Å²) < 4.78 is 56.4. The number of aromatic amines is 1. The first-order chi connectivity index (χ1) is 17.1. The molecule has 0 bridgehead atoms. The number of benzene rings is 1. The maximum Gasteiger partial charge on any atom is 0.573 e. The number of aliphatic hydroxyl groups is 1. The molecule has 2 aromatic heterocycles. The lowest BCUT2D eigenvalue weighted by atomic mass is 9.86. The summed E-state index contributed by atoms with van der Waals surface area (Å²) >= 11 is 0. The van der Waals surface area contributed by atoms with Gasteiger partial charge in [-0.1, -0.05) is 0 Å². The van der Waals surface area contributed by atoms with E-state index in [0.717, 1.165) is 41.6 Å². The molecule has 1 amide bonds. The number of halogens is 4. The van der Waals surface area contributed by atoms with Crippen molar-refractivity contribution in [2.75, 3.05) is 18.8 Å². The number of pyridine rings is 1. The average Bonchev–Trinajstić information content (AvgIpc) is 3.03.